The van der Waals surface area contributed by atoms with Gasteiger partial charge in [-0.05, 0) is 30.7 Å². The second-order valence-electron chi connectivity index (χ2n) is 3.81. The number of rotatable bonds is 2. The van der Waals surface area contributed by atoms with Gasteiger partial charge in [0.15, 0.2) is 0 Å². The van der Waals surface area contributed by atoms with Crippen molar-refractivity contribution in [2.75, 3.05) is 6.54 Å². The first kappa shape index (κ1) is 12.9. The SMILES string of the molecule is O=S(=O)(c1ccc(C(F)(F)F)cc1)N1C=CCC1. The first-order valence-corrected chi connectivity index (χ1v) is 6.61. The molecule has 1 aliphatic heterocycles. The molecule has 2 rings (SSSR count). The zero-order chi connectivity index (χ0) is 13.4. The molecule has 0 bridgehead atoms. The molecule has 0 spiro atoms. The average Bonchev–Trinajstić information content (AvgIpc) is 2.82. The largest absolute Gasteiger partial charge is 0.416 e. The van der Waals surface area contributed by atoms with E-state index in [1.165, 1.54) is 6.20 Å². The fraction of sp³-hybridized carbons (Fsp3) is 0.273. The minimum atomic E-state index is -4.46. The summed E-state index contributed by atoms with van der Waals surface area (Å²) in [5.41, 5.74) is -0.863. The van der Waals surface area contributed by atoms with Crippen LogP contribution in [0.4, 0.5) is 13.2 Å². The minimum absolute atomic E-state index is 0.137. The molecule has 0 N–H and O–H groups in total. The normalized spacial score (nSPS) is 16.3. The smallest absolute Gasteiger partial charge is 0.273 e. The van der Waals surface area contributed by atoms with Crippen LogP contribution in [-0.4, -0.2) is 19.3 Å². The first-order valence-electron chi connectivity index (χ1n) is 5.17. The third-order valence-corrected chi connectivity index (χ3v) is 4.37. The van der Waals surface area contributed by atoms with Crippen LogP contribution >= 0.6 is 0 Å². The lowest BCUT2D eigenvalue weighted by atomic mass is 10.2. The monoisotopic (exact) mass is 277 g/mol. The van der Waals surface area contributed by atoms with Crippen molar-refractivity contribution in [3.05, 3.63) is 42.1 Å². The van der Waals surface area contributed by atoms with E-state index >= 15 is 0 Å². The Morgan fingerprint density at radius 2 is 1.72 bits per heavy atom. The van der Waals surface area contributed by atoms with E-state index in [1.54, 1.807) is 6.08 Å². The number of halogens is 3. The first-order chi connectivity index (χ1) is 8.32. The van der Waals surface area contributed by atoms with E-state index in [9.17, 15) is 21.6 Å². The van der Waals surface area contributed by atoms with E-state index in [4.69, 9.17) is 0 Å². The molecule has 0 aliphatic carbocycles. The van der Waals surface area contributed by atoms with Crippen molar-refractivity contribution in [1.29, 1.82) is 0 Å². The van der Waals surface area contributed by atoms with Crippen molar-refractivity contribution >= 4 is 10.0 Å². The Morgan fingerprint density at radius 3 is 2.17 bits per heavy atom. The van der Waals surface area contributed by atoms with Gasteiger partial charge in [0.2, 0.25) is 0 Å². The lowest BCUT2D eigenvalue weighted by Gasteiger charge is -2.16. The van der Waals surface area contributed by atoms with Crippen LogP contribution in [0.15, 0.2) is 41.4 Å². The molecule has 1 aliphatic rings. The third kappa shape index (κ3) is 2.35. The maximum Gasteiger partial charge on any atom is 0.416 e. The highest BCUT2D eigenvalue weighted by Crippen LogP contribution is 2.30. The fourth-order valence-electron chi connectivity index (χ4n) is 1.62. The van der Waals surface area contributed by atoms with Crippen molar-refractivity contribution in [3.8, 4) is 0 Å². The van der Waals surface area contributed by atoms with Crippen LogP contribution < -0.4 is 0 Å². The van der Waals surface area contributed by atoms with Crippen molar-refractivity contribution in [2.45, 2.75) is 17.5 Å². The Morgan fingerprint density at radius 1 is 1.11 bits per heavy atom. The summed E-state index contributed by atoms with van der Waals surface area (Å²) in [6.07, 6.45) is -0.732. The molecule has 1 aromatic rings. The topological polar surface area (TPSA) is 37.4 Å². The number of alkyl halides is 3. The molecule has 7 heteroatoms. The van der Waals surface area contributed by atoms with E-state index < -0.39 is 21.8 Å². The minimum Gasteiger partial charge on any atom is -0.273 e. The van der Waals surface area contributed by atoms with Gasteiger partial charge in [-0.2, -0.15) is 13.2 Å². The predicted octanol–water partition coefficient (Wildman–Crippen LogP) is 2.61. The zero-order valence-electron chi connectivity index (χ0n) is 9.18. The highest BCUT2D eigenvalue weighted by atomic mass is 32.2. The Hall–Kier alpha value is -1.50. The Bertz CT molecular complexity index is 561. The molecule has 0 radical (unpaired) electrons. The number of nitrogens with zero attached hydrogens (tertiary/aromatic N) is 1. The Labute approximate surface area is 103 Å². The quantitative estimate of drug-likeness (QED) is 0.833. The molecule has 3 nitrogen and oxygen atoms in total. The maximum absolute atomic E-state index is 12.3. The molecule has 0 atom stereocenters. The molecule has 98 valence electrons. The van der Waals surface area contributed by atoms with Crippen molar-refractivity contribution in [2.24, 2.45) is 0 Å². The van der Waals surface area contributed by atoms with Crippen LogP contribution in [0.1, 0.15) is 12.0 Å². The summed E-state index contributed by atoms with van der Waals surface area (Å²) >= 11 is 0. The van der Waals surface area contributed by atoms with Gasteiger partial charge in [-0.25, -0.2) is 8.42 Å². The summed E-state index contributed by atoms with van der Waals surface area (Å²) in [4.78, 5) is -0.137. The molecule has 0 saturated heterocycles. The van der Waals surface area contributed by atoms with Gasteiger partial charge in [0.05, 0.1) is 10.5 Å². The van der Waals surface area contributed by atoms with Crippen LogP contribution in [0, 0.1) is 0 Å². The summed E-state index contributed by atoms with van der Waals surface area (Å²) < 4.78 is 62.1. The van der Waals surface area contributed by atoms with Crippen LogP contribution in [0.3, 0.4) is 0 Å². The van der Waals surface area contributed by atoms with Crippen molar-refractivity contribution < 1.29 is 21.6 Å². The van der Waals surface area contributed by atoms with Crippen LogP contribution in [0.25, 0.3) is 0 Å². The third-order valence-electron chi connectivity index (χ3n) is 2.58. The van der Waals surface area contributed by atoms with Gasteiger partial charge >= 0.3 is 6.18 Å². The van der Waals surface area contributed by atoms with Gasteiger partial charge in [-0.1, -0.05) is 6.08 Å². The molecular weight excluding hydrogens is 267 g/mol. The molecule has 0 unspecified atom stereocenters. The molecule has 1 heterocycles. The standard InChI is InChI=1S/C11H10F3NO2S/c12-11(13,14)9-3-5-10(6-4-9)18(16,17)15-7-1-2-8-15/h1,3-7H,2,8H2. The van der Waals surface area contributed by atoms with E-state index in [0.29, 0.717) is 13.0 Å². The van der Waals surface area contributed by atoms with Gasteiger partial charge < -0.3 is 0 Å². The predicted molar refractivity (Wildman–Crippen MR) is 59.1 cm³/mol. The second kappa shape index (κ2) is 4.31. The Balaban J connectivity index is 2.32. The van der Waals surface area contributed by atoms with Gasteiger partial charge in [0.1, 0.15) is 0 Å². The summed E-state index contributed by atoms with van der Waals surface area (Å²) in [6, 6.07) is 3.49. The second-order valence-corrected chi connectivity index (χ2v) is 5.70. The van der Waals surface area contributed by atoms with Gasteiger partial charge in [0.25, 0.3) is 10.0 Å². The highest BCUT2D eigenvalue weighted by Gasteiger charge is 2.31. The van der Waals surface area contributed by atoms with E-state index in [1.807, 2.05) is 0 Å². The van der Waals surface area contributed by atoms with Crippen LogP contribution in [0.5, 0.6) is 0 Å². The summed E-state index contributed by atoms with van der Waals surface area (Å²) in [5, 5.41) is 0. The number of hydrogen-bond donors (Lipinski definition) is 0. The van der Waals surface area contributed by atoms with Gasteiger partial charge in [-0.3, -0.25) is 4.31 Å². The summed E-state index contributed by atoms with van der Waals surface area (Å²) in [5.74, 6) is 0. The van der Waals surface area contributed by atoms with Crippen LogP contribution in [0.2, 0.25) is 0 Å². The van der Waals surface area contributed by atoms with Gasteiger partial charge in [-0.15, -0.1) is 0 Å². The van der Waals surface area contributed by atoms with E-state index in [0.717, 1.165) is 28.6 Å². The average molecular weight is 277 g/mol. The molecule has 0 aromatic heterocycles. The molecule has 0 amide bonds. The lowest BCUT2D eigenvalue weighted by Crippen LogP contribution is -2.24. The van der Waals surface area contributed by atoms with Crippen molar-refractivity contribution in [1.82, 2.24) is 4.31 Å². The summed E-state index contributed by atoms with van der Waals surface area (Å²) in [6.45, 7) is 0.323. The highest BCUT2D eigenvalue weighted by molar-refractivity contribution is 7.89. The van der Waals surface area contributed by atoms with Crippen LogP contribution in [-0.2, 0) is 16.2 Å². The Kier molecular flexibility index (Phi) is 3.10. The fourth-order valence-corrected chi connectivity index (χ4v) is 2.96. The molecule has 1 aromatic carbocycles. The molecule has 0 saturated carbocycles. The maximum atomic E-state index is 12.3. The zero-order valence-corrected chi connectivity index (χ0v) is 10.0. The number of benzene rings is 1. The number of hydrogen-bond acceptors (Lipinski definition) is 2. The number of sulfonamides is 1. The molecule has 0 fully saturated rings. The van der Waals surface area contributed by atoms with E-state index in [2.05, 4.69) is 0 Å². The lowest BCUT2D eigenvalue weighted by molar-refractivity contribution is -0.137. The van der Waals surface area contributed by atoms with Gasteiger partial charge in [0, 0.05) is 12.7 Å². The molecule has 18 heavy (non-hydrogen) atoms. The molecular formula is C11H10F3NO2S. The van der Waals surface area contributed by atoms with Crippen molar-refractivity contribution in [3.63, 3.8) is 0 Å². The van der Waals surface area contributed by atoms with E-state index in [-0.39, 0.29) is 4.90 Å². The summed E-state index contributed by atoms with van der Waals surface area (Å²) in [7, 11) is -3.72.